The van der Waals surface area contributed by atoms with Gasteiger partial charge in [-0.25, -0.2) is 14.4 Å². The molecular weight excluding hydrogens is 477 g/mol. The molecule has 3 fully saturated rings. The van der Waals surface area contributed by atoms with Gasteiger partial charge in [0, 0.05) is 28.1 Å². The van der Waals surface area contributed by atoms with E-state index < -0.39 is 11.7 Å². The number of nitriles is 1. The maximum Gasteiger partial charge on any atom is 0.185 e. The first-order valence-electron chi connectivity index (χ1n) is 12.4. The van der Waals surface area contributed by atoms with Crippen LogP contribution < -0.4 is 10.2 Å². The Kier molecular flexibility index (Phi) is 5.46. The fourth-order valence-electron chi connectivity index (χ4n) is 6.05. The van der Waals surface area contributed by atoms with E-state index in [9.17, 15) is 5.11 Å². The summed E-state index contributed by atoms with van der Waals surface area (Å²) in [4.78, 5) is 10.9. The molecule has 0 amide bonds. The summed E-state index contributed by atoms with van der Waals surface area (Å²) in [5, 5.41) is 34.4. The second kappa shape index (κ2) is 8.46. The Balaban J connectivity index is 1.28. The van der Waals surface area contributed by atoms with E-state index >= 15 is 4.39 Å². The molecule has 1 saturated carbocycles. The maximum atomic E-state index is 16.0. The molecule has 10 heteroatoms. The molecule has 2 aliphatic heterocycles. The van der Waals surface area contributed by atoms with E-state index in [0.29, 0.717) is 33.5 Å². The molecule has 3 aliphatic rings. The standard InChI is InChI=1S/C26H28FN7OS/c1-25-8-3-9-26(2,33-25)22(27)19(11-25)34(17-5-6-17)21-13-29-23(32-31-21)18-7-4-15(10-20(18)35)24-30-16(12-28)14-36-24/h4,7,10,13-14,17,19,22,33,35H,3,5-6,8-9,11H2,1-2H3/t19-,22-,25-,26+/m0/s1. The van der Waals surface area contributed by atoms with Gasteiger partial charge in [-0.2, -0.15) is 5.26 Å². The molecule has 4 atom stereocenters. The van der Waals surface area contributed by atoms with Gasteiger partial charge >= 0.3 is 0 Å². The molecule has 8 nitrogen and oxygen atoms in total. The van der Waals surface area contributed by atoms with Gasteiger partial charge in [0.25, 0.3) is 0 Å². The summed E-state index contributed by atoms with van der Waals surface area (Å²) in [5.74, 6) is 0.892. The summed E-state index contributed by atoms with van der Waals surface area (Å²) < 4.78 is 16.0. The lowest BCUT2D eigenvalue weighted by atomic mass is 9.68. The fraction of sp³-hybridized carbons (Fsp3) is 0.500. The number of phenolic OH excluding ortho intramolecular Hbond substituents is 1. The third-order valence-electron chi connectivity index (χ3n) is 7.83. The van der Waals surface area contributed by atoms with Gasteiger partial charge in [0.15, 0.2) is 17.3 Å². The molecule has 0 spiro atoms. The lowest BCUT2D eigenvalue weighted by molar-refractivity contribution is 0.000258. The predicted octanol–water partition coefficient (Wildman–Crippen LogP) is 4.61. The molecule has 0 unspecified atom stereocenters. The van der Waals surface area contributed by atoms with Crippen molar-refractivity contribution in [3.8, 4) is 33.8 Å². The summed E-state index contributed by atoms with van der Waals surface area (Å²) in [5.41, 5.74) is 0.876. The lowest BCUT2D eigenvalue weighted by Crippen LogP contribution is -2.73. The second-order valence-corrected chi connectivity index (χ2v) is 11.6. The second-order valence-electron chi connectivity index (χ2n) is 10.8. The van der Waals surface area contributed by atoms with E-state index in [1.807, 2.05) is 19.1 Å². The van der Waals surface area contributed by atoms with Crippen molar-refractivity contribution in [3.63, 3.8) is 0 Å². The van der Waals surface area contributed by atoms with Gasteiger partial charge in [-0.1, -0.05) is 6.07 Å². The van der Waals surface area contributed by atoms with Crippen LogP contribution in [0.25, 0.3) is 22.0 Å². The highest BCUT2D eigenvalue weighted by Gasteiger charge is 2.55. The molecule has 6 rings (SSSR count). The zero-order chi connectivity index (χ0) is 25.1. The minimum atomic E-state index is -1.02. The van der Waals surface area contributed by atoms with Crippen LogP contribution in [-0.2, 0) is 0 Å². The maximum absolute atomic E-state index is 16.0. The Labute approximate surface area is 213 Å². The van der Waals surface area contributed by atoms with Gasteiger partial charge < -0.3 is 15.3 Å². The summed E-state index contributed by atoms with van der Waals surface area (Å²) in [6, 6.07) is 7.12. The molecule has 1 aromatic carbocycles. The van der Waals surface area contributed by atoms with Crippen molar-refractivity contribution in [1.82, 2.24) is 25.5 Å². The SMILES string of the molecule is C[C@@]12CCC[C@@](C)(N1)[C@@H](F)[C@@H](N(c1cnc(-c3ccc(-c4nc(C#N)cs4)cc3O)nn1)C1CC1)C2. The van der Waals surface area contributed by atoms with Crippen molar-refractivity contribution >= 4 is 17.2 Å². The zero-order valence-corrected chi connectivity index (χ0v) is 21.1. The van der Waals surface area contributed by atoms with Crippen molar-refractivity contribution in [2.75, 3.05) is 4.90 Å². The Morgan fingerprint density at radius 3 is 2.75 bits per heavy atom. The number of anilines is 1. The van der Waals surface area contributed by atoms with Crippen LogP contribution in [0.2, 0.25) is 0 Å². The first-order valence-corrected chi connectivity index (χ1v) is 13.3. The van der Waals surface area contributed by atoms with E-state index in [0.717, 1.165) is 38.5 Å². The van der Waals surface area contributed by atoms with Crippen molar-refractivity contribution in [3.05, 3.63) is 35.5 Å². The highest BCUT2D eigenvalue weighted by molar-refractivity contribution is 7.13. The molecular formula is C26H28FN7OS. The van der Waals surface area contributed by atoms with Gasteiger partial charge in [0.1, 0.15) is 23.0 Å². The van der Waals surface area contributed by atoms with E-state index in [1.54, 1.807) is 23.7 Å². The van der Waals surface area contributed by atoms with Gasteiger partial charge in [-0.15, -0.1) is 21.5 Å². The monoisotopic (exact) mass is 505 g/mol. The largest absolute Gasteiger partial charge is 0.507 e. The smallest absolute Gasteiger partial charge is 0.185 e. The molecule has 2 bridgehead atoms. The molecule has 2 N–H and O–H groups in total. The summed E-state index contributed by atoms with van der Waals surface area (Å²) in [7, 11) is 0. The molecule has 2 aromatic heterocycles. The number of thiazole rings is 1. The van der Waals surface area contributed by atoms with Crippen molar-refractivity contribution < 1.29 is 9.50 Å². The molecule has 0 radical (unpaired) electrons. The number of piperidine rings is 2. The molecule has 2 saturated heterocycles. The normalized spacial score (nSPS) is 29.5. The van der Waals surface area contributed by atoms with Gasteiger partial charge in [0.2, 0.25) is 0 Å². The van der Waals surface area contributed by atoms with E-state index in [4.69, 9.17) is 5.26 Å². The number of aromatic nitrogens is 4. The number of benzene rings is 1. The number of nitrogens with zero attached hydrogens (tertiary/aromatic N) is 6. The molecule has 4 heterocycles. The number of rotatable bonds is 5. The van der Waals surface area contributed by atoms with Crippen LogP contribution in [0, 0.1) is 11.3 Å². The number of hydrogen-bond donors (Lipinski definition) is 2. The fourth-order valence-corrected chi connectivity index (χ4v) is 6.79. The zero-order valence-electron chi connectivity index (χ0n) is 20.3. The van der Waals surface area contributed by atoms with Crippen LogP contribution >= 0.6 is 11.3 Å². The Hall–Kier alpha value is -3.16. The van der Waals surface area contributed by atoms with Crippen molar-refractivity contribution in [1.29, 1.82) is 5.26 Å². The summed E-state index contributed by atoms with van der Waals surface area (Å²) in [6.45, 7) is 4.22. The van der Waals surface area contributed by atoms with Crippen LogP contribution in [0.1, 0.15) is 58.1 Å². The quantitative estimate of drug-likeness (QED) is 0.517. The Morgan fingerprint density at radius 1 is 1.25 bits per heavy atom. The van der Waals surface area contributed by atoms with E-state index in [1.165, 1.54) is 11.3 Å². The van der Waals surface area contributed by atoms with Crippen molar-refractivity contribution in [2.24, 2.45) is 0 Å². The number of phenols is 1. The van der Waals surface area contributed by atoms with E-state index in [-0.39, 0.29) is 23.4 Å². The minimum absolute atomic E-state index is 0.00524. The highest BCUT2D eigenvalue weighted by Crippen LogP contribution is 2.46. The third kappa shape index (κ3) is 4.00. The average molecular weight is 506 g/mol. The van der Waals surface area contributed by atoms with Gasteiger partial charge in [-0.3, -0.25) is 0 Å². The molecule has 1 aliphatic carbocycles. The number of alkyl halides is 1. The van der Waals surface area contributed by atoms with Crippen LogP contribution in [0.3, 0.4) is 0 Å². The molecule has 186 valence electrons. The first kappa shape index (κ1) is 23.3. The number of halogens is 1. The molecule has 3 aromatic rings. The third-order valence-corrected chi connectivity index (χ3v) is 8.73. The lowest BCUT2D eigenvalue weighted by Gasteiger charge is -2.57. The summed E-state index contributed by atoms with van der Waals surface area (Å²) >= 11 is 1.34. The number of aromatic hydroxyl groups is 1. The topological polar surface area (TPSA) is 111 Å². The molecule has 36 heavy (non-hydrogen) atoms. The van der Waals surface area contributed by atoms with E-state index in [2.05, 4.69) is 37.3 Å². The van der Waals surface area contributed by atoms with Gasteiger partial charge in [0.05, 0.1) is 17.8 Å². The van der Waals surface area contributed by atoms with Crippen molar-refractivity contribution in [2.45, 2.75) is 81.7 Å². The number of hydrogen-bond acceptors (Lipinski definition) is 9. The van der Waals surface area contributed by atoms with Crippen LogP contribution in [0.15, 0.2) is 29.8 Å². The average Bonchev–Trinajstić information content (AvgIpc) is 3.57. The van der Waals surface area contributed by atoms with Gasteiger partial charge in [-0.05, 0) is 64.5 Å². The van der Waals surface area contributed by atoms with Crippen LogP contribution in [-0.4, -0.2) is 54.6 Å². The number of fused-ring (bicyclic) bond motifs is 2. The Bertz CT molecular complexity index is 1340. The predicted molar refractivity (Wildman–Crippen MR) is 135 cm³/mol. The number of nitrogens with one attached hydrogen (secondary N) is 1. The summed E-state index contributed by atoms with van der Waals surface area (Å²) in [6.07, 6.45) is 6.30. The highest BCUT2D eigenvalue weighted by atomic mass is 32.1. The Morgan fingerprint density at radius 2 is 2.08 bits per heavy atom. The van der Waals surface area contributed by atoms with Crippen LogP contribution in [0.4, 0.5) is 10.2 Å². The van der Waals surface area contributed by atoms with Crippen LogP contribution in [0.5, 0.6) is 5.75 Å². The first-order chi connectivity index (χ1) is 17.3. The minimum Gasteiger partial charge on any atom is -0.507 e.